The van der Waals surface area contributed by atoms with Crippen LogP contribution in [0.3, 0.4) is 0 Å². The molecule has 6 aliphatic rings. The van der Waals surface area contributed by atoms with Gasteiger partial charge in [-0.3, -0.25) is 23.7 Å². The number of nitrogens with zero attached hydrogens (tertiary/aromatic N) is 1. The molecule has 10 rings (SSSR count). The average Bonchev–Trinajstić information content (AvgIpc) is 3.90. The van der Waals surface area contributed by atoms with E-state index in [0.717, 1.165) is 84.9 Å². The van der Waals surface area contributed by atoms with Gasteiger partial charge in [-0.2, -0.15) is 8.42 Å². The van der Waals surface area contributed by atoms with E-state index in [1.165, 1.54) is 18.2 Å². The third kappa shape index (κ3) is 14.6. The van der Waals surface area contributed by atoms with Gasteiger partial charge in [-0.15, -0.1) is 0 Å². The van der Waals surface area contributed by atoms with Crippen LogP contribution >= 0.6 is 0 Å². The Bertz CT molecular complexity index is 2700. The molecule has 0 unspecified atom stereocenters. The lowest BCUT2D eigenvalue weighted by Crippen LogP contribution is -2.48. The number of fused-ring (bicyclic) bond motifs is 4. The molecule has 3 aromatic carbocycles. The van der Waals surface area contributed by atoms with Crippen molar-refractivity contribution in [2.45, 2.75) is 103 Å². The first-order chi connectivity index (χ1) is 36.8. The normalized spacial score (nSPS) is 30.1. The molecule has 4 aliphatic carbocycles. The van der Waals surface area contributed by atoms with Crippen LogP contribution in [0.25, 0.3) is 34.4 Å². The molecule has 0 radical (unpaired) electrons. The van der Waals surface area contributed by atoms with Gasteiger partial charge in [0.15, 0.2) is 0 Å². The first kappa shape index (κ1) is 56.7. The summed E-state index contributed by atoms with van der Waals surface area (Å²) in [6.07, 6.45) is 16.6. The van der Waals surface area contributed by atoms with Crippen LogP contribution in [0.1, 0.15) is 90.3 Å². The highest BCUT2D eigenvalue weighted by atomic mass is 32.3. The highest BCUT2D eigenvalue weighted by molar-refractivity contribution is 7.79. The van der Waals surface area contributed by atoms with Crippen LogP contribution in [-0.2, 0) is 38.9 Å². The second-order valence-electron chi connectivity index (χ2n) is 21.2. The van der Waals surface area contributed by atoms with Gasteiger partial charge >= 0.3 is 34.5 Å². The number of hydrogen-bond acceptors (Lipinski definition) is 11. The molecule has 2 saturated heterocycles. The Labute approximate surface area is 449 Å². The maximum absolute atomic E-state index is 13.6. The molecule has 4 aromatic rings. The van der Waals surface area contributed by atoms with Gasteiger partial charge in [-0.05, 0) is 173 Å². The Morgan fingerprint density at radius 1 is 0.649 bits per heavy atom. The Hall–Kier alpha value is -6.50. The Kier molecular flexibility index (Phi) is 18.6. The van der Waals surface area contributed by atoms with Crippen LogP contribution in [0.5, 0.6) is 0 Å². The van der Waals surface area contributed by atoms with Crippen LogP contribution in [0.15, 0.2) is 103 Å². The smallest absolute Gasteiger partial charge is 0.407 e. The number of halogens is 2. The number of pyridine rings is 1. The van der Waals surface area contributed by atoms with E-state index in [2.05, 4.69) is 46.0 Å². The van der Waals surface area contributed by atoms with Gasteiger partial charge < -0.3 is 29.6 Å². The van der Waals surface area contributed by atoms with Crippen molar-refractivity contribution in [2.75, 3.05) is 13.2 Å². The topological polar surface area (TPSA) is 217 Å². The number of carbonyl (C=O) groups is 4. The molecular formula is C59H69F2N3O12S. The van der Waals surface area contributed by atoms with Crippen molar-refractivity contribution in [3.05, 3.63) is 126 Å². The number of cyclic esters (lactones) is 2. The van der Waals surface area contributed by atoms with E-state index in [4.69, 9.17) is 36.5 Å². The van der Waals surface area contributed by atoms with Gasteiger partial charge in [0.2, 0.25) is 0 Å². The predicted molar refractivity (Wildman–Crippen MR) is 285 cm³/mol. The van der Waals surface area contributed by atoms with Crippen LogP contribution in [0.4, 0.5) is 18.4 Å². The molecule has 0 spiro atoms. The number of carbonyl (C=O) groups excluding carboxylic acids is 4. The molecule has 77 heavy (non-hydrogen) atoms. The number of alkyl carbamates (subject to hydrolysis) is 2. The van der Waals surface area contributed by atoms with E-state index in [-0.39, 0.29) is 95.6 Å². The van der Waals surface area contributed by atoms with E-state index >= 15 is 0 Å². The van der Waals surface area contributed by atoms with E-state index in [9.17, 15) is 28.0 Å². The van der Waals surface area contributed by atoms with Gasteiger partial charge in [0.05, 0.1) is 30.7 Å². The van der Waals surface area contributed by atoms with Crippen LogP contribution in [-0.4, -0.2) is 84.1 Å². The zero-order valence-electron chi connectivity index (χ0n) is 43.7. The van der Waals surface area contributed by atoms with Crippen molar-refractivity contribution in [3.63, 3.8) is 0 Å². The maximum atomic E-state index is 13.6. The van der Waals surface area contributed by atoms with Crippen molar-refractivity contribution in [2.24, 2.45) is 59.2 Å². The van der Waals surface area contributed by atoms with E-state index < -0.39 is 10.4 Å². The maximum Gasteiger partial charge on any atom is 0.407 e. The lowest BCUT2D eigenvalue weighted by Gasteiger charge is -2.47. The number of ether oxygens (including phenoxy) is 4. The van der Waals surface area contributed by atoms with Crippen LogP contribution in [0.2, 0.25) is 0 Å². The Balaban J connectivity index is 0.000000187. The second-order valence-corrected chi connectivity index (χ2v) is 22.1. The first-order valence-electron chi connectivity index (χ1n) is 26.8. The summed E-state index contributed by atoms with van der Waals surface area (Å²) < 4.78 is 80.3. The molecule has 2 aliphatic heterocycles. The van der Waals surface area contributed by atoms with Crippen molar-refractivity contribution in [1.29, 1.82) is 0 Å². The summed E-state index contributed by atoms with van der Waals surface area (Å²) >= 11 is 0. The molecule has 2 amide bonds. The number of allylic oxidation sites excluding steroid dienone is 2. The highest BCUT2D eigenvalue weighted by Gasteiger charge is 2.56. The summed E-state index contributed by atoms with van der Waals surface area (Å²) in [6.45, 7) is 8.33. The van der Waals surface area contributed by atoms with Crippen molar-refractivity contribution < 1.29 is 64.4 Å². The van der Waals surface area contributed by atoms with E-state index in [1.54, 1.807) is 38.2 Å². The van der Waals surface area contributed by atoms with Gasteiger partial charge in [-0.1, -0.05) is 72.8 Å². The Morgan fingerprint density at radius 2 is 1.10 bits per heavy atom. The predicted octanol–water partition coefficient (Wildman–Crippen LogP) is 11.2. The van der Waals surface area contributed by atoms with Crippen molar-refractivity contribution >= 4 is 46.7 Å². The molecule has 412 valence electrons. The standard InChI is InChI=1S/C30H34FNO4.C29H33FN2O4.H2O4S/c1-3-35-30(34)32-24-12-14-25-22(16-24)17-27-28(18(2)36-29(27)33)26(25)13-9-19-7-10-20(11-8-19)21-5-4-6-23(31)15-21;1-3-35-29(34)32-23-10-11-24-20(14-23)15-26-27(17(2)36-28(26)33)25(24)12-9-22-8-7-19(16-31-22)18-5-4-6-21(30)13-18;1-5(2,3)4/h4-11,13,15,18,22,24-28H,3,12,14,16-17H2,1-2H3,(H,32,34);4-9,12-13,16-17,20,23-27H,3,10-11,14-15H2,1-2H3,(H,32,34);(H2,1,2,3,4)/b13-9+;12-9+;/t18-,22+,24-,25-,26+,27-,28+;17-,20+,23-,24-,25+,26-,27+;/m11./s1. The van der Waals surface area contributed by atoms with E-state index in [0.29, 0.717) is 36.9 Å². The lowest BCUT2D eigenvalue weighted by atomic mass is 9.57. The molecule has 3 heterocycles. The largest absolute Gasteiger partial charge is 0.462 e. The summed E-state index contributed by atoms with van der Waals surface area (Å²) in [5.74, 6) is 1.44. The van der Waals surface area contributed by atoms with Gasteiger partial charge in [0, 0.05) is 35.7 Å². The van der Waals surface area contributed by atoms with Crippen LogP contribution in [0, 0.1) is 70.8 Å². The molecule has 14 atom stereocenters. The number of hydrogen-bond donors (Lipinski definition) is 4. The minimum atomic E-state index is -4.67. The average molecular weight is 1080 g/mol. The lowest BCUT2D eigenvalue weighted by molar-refractivity contribution is -0.145. The SMILES string of the molecule is CCOC(=O)N[C@@H]1CC[C@@H]2[C@@H](C1)C[C@H]1C(=O)O[C@H](C)[C@H]1[C@H]2/C=C/c1ccc(-c2cccc(F)c2)cc1.CCOC(=O)N[C@@H]1CC[C@@H]2[C@@H](C1)C[C@H]1C(=O)O[C@H](C)[C@H]1[C@H]2/C=C/c1ccc(-c2cccc(F)c2)cn1.O=S(=O)(O)O. The third-order valence-electron chi connectivity index (χ3n) is 16.5. The third-order valence-corrected chi connectivity index (χ3v) is 16.5. The van der Waals surface area contributed by atoms with Crippen molar-refractivity contribution in [1.82, 2.24) is 15.6 Å². The summed E-state index contributed by atoms with van der Waals surface area (Å²) in [7, 11) is -4.67. The van der Waals surface area contributed by atoms with Crippen LogP contribution < -0.4 is 10.6 Å². The fraction of sp³-hybridized carbons (Fsp3) is 0.475. The number of aromatic nitrogens is 1. The second kappa shape index (κ2) is 25.3. The highest BCUT2D eigenvalue weighted by Crippen LogP contribution is 2.55. The number of amides is 2. The molecule has 1 aromatic heterocycles. The number of benzene rings is 3. The summed E-state index contributed by atoms with van der Waals surface area (Å²) in [4.78, 5) is 53.9. The summed E-state index contributed by atoms with van der Waals surface area (Å²) in [6, 6.07) is 25.3. The van der Waals surface area contributed by atoms with Crippen molar-refractivity contribution in [3.8, 4) is 22.3 Å². The van der Waals surface area contributed by atoms with E-state index in [1.807, 2.05) is 56.3 Å². The van der Waals surface area contributed by atoms with Gasteiger partial charge in [-0.25, -0.2) is 18.4 Å². The molecule has 18 heteroatoms. The molecule has 4 N–H and O–H groups in total. The number of rotatable bonds is 10. The minimum absolute atomic E-state index is 0.0679. The fourth-order valence-electron chi connectivity index (χ4n) is 13.4. The number of esters is 2. The Morgan fingerprint density at radius 3 is 1.55 bits per heavy atom. The molecule has 15 nitrogen and oxygen atoms in total. The molecule has 4 saturated carbocycles. The molecular weight excluding hydrogens is 1010 g/mol. The van der Waals surface area contributed by atoms with Gasteiger partial charge in [0.1, 0.15) is 23.8 Å². The minimum Gasteiger partial charge on any atom is -0.462 e. The molecule has 0 bridgehead atoms. The first-order valence-corrected chi connectivity index (χ1v) is 28.2. The fourth-order valence-corrected chi connectivity index (χ4v) is 13.4. The summed E-state index contributed by atoms with van der Waals surface area (Å²) in [5, 5.41) is 6.01. The zero-order chi connectivity index (χ0) is 55.0. The zero-order valence-corrected chi connectivity index (χ0v) is 44.5. The molecule has 6 fully saturated rings. The monoisotopic (exact) mass is 1080 g/mol. The summed E-state index contributed by atoms with van der Waals surface area (Å²) in [5.41, 5.74) is 5.38. The quantitative estimate of drug-likeness (QED) is 0.0661. The van der Waals surface area contributed by atoms with Gasteiger partial charge in [0.25, 0.3) is 0 Å². The number of nitrogens with one attached hydrogen (secondary N) is 2.